The van der Waals surface area contributed by atoms with E-state index < -0.39 is 0 Å². The lowest BCUT2D eigenvalue weighted by Gasteiger charge is -2.10. The summed E-state index contributed by atoms with van der Waals surface area (Å²) in [7, 11) is 0. The van der Waals surface area contributed by atoms with E-state index in [1.54, 1.807) is 6.20 Å². The third-order valence-corrected chi connectivity index (χ3v) is 4.02. The molecule has 0 atom stereocenters. The number of fused-ring (bicyclic) bond motifs is 1. The van der Waals surface area contributed by atoms with Gasteiger partial charge >= 0.3 is 0 Å². The van der Waals surface area contributed by atoms with Gasteiger partial charge in [-0.15, -0.1) is 0 Å². The molecule has 0 saturated heterocycles. The maximum atomic E-state index is 4.62. The van der Waals surface area contributed by atoms with Crippen molar-refractivity contribution in [1.29, 1.82) is 0 Å². The summed E-state index contributed by atoms with van der Waals surface area (Å²) in [6, 6.07) is 14.7. The molecule has 23 heavy (non-hydrogen) atoms. The van der Waals surface area contributed by atoms with E-state index in [2.05, 4.69) is 63.5 Å². The van der Waals surface area contributed by atoms with Crippen molar-refractivity contribution in [2.75, 3.05) is 0 Å². The first-order valence-electron chi connectivity index (χ1n) is 7.69. The Balaban J connectivity index is 1.89. The molecule has 4 nitrogen and oxygen atoms in total. The van der Waals surface area contributed by atoms with Gasteiger partial charge in [0.2, 0.25) is 0 Å². The van der Waals surface area contributed by atoms with Crippen molar-refractivity contribution in [1.82, 2.24) is 20.2 Å². The van der Waals surface area contributed by atoms with E-state index in [1.807, 2.05) is 18.5 Å². The number of hydrogen-bond acceptors (Lipinski definition) is 3. The maximum absolute atomic E-state index is 4.62. The Morgan fingerprint density at radius 1 is 0.957 bits per heavy atom. The van der Waals surface area contributed by atoms with Gasteiger partial charge in [0.05, 0.1) is 11.9 Å². The van der Waals surface area contributed by atoms with E-state index in [-0.39, 0.29) is 0 Å². The molecule has 0 amide bonds. The van der Waals surface area contributed by atoms with Crippen molar-refractivity contribution in [3.05, 3.63) is 66.6 Å². The highest BCUT2D eigenvalue weighted by Gasteiger charge is 2.10. The summed E-state index contributed by atoms with van der Waals surface area (Å²) in [6.45, 7) is 2.16. The second-order valence-electron chi connectivity index (χ2n) is 5.49. The molecule has 3 aromatic heterocycles. The third-order valence-electron chi connectivity index (χ3n) is 4.02. The zero-order chi connectivity index (χ0) is 15.6. The van der Waals surface area contributed by atoms with Crippen molar-refractivity contribution in [3.8, 4) is 22.4 Å². The van der Waals surface area contributed by atoms with Gasteiger partial charge < -0.3 is 0 Å². The number of rotatable bonds is 3. The molecule has 0 fully saturated rings. The Morgan fingerprint density at radius 2 is 1.91 bits per heavy atom. The van der Waals surface area contributed by atoms with Crippen LogP contribution in [0.1, 0.15) is 12.5 Å². The molecule has 0 aliphatic heterocycles. The summed E-state index contributed by atoms with van der Waals surface area (Å²) in [5.41, 5.74) is 6.34. The number of aromatic nitrogens is 4. The van der Waals surface area contributed by atoms with Gasteiger partial charge in [0.15, 0.2) is 5.65 Å². The lowest BCUT2D eigenvalue weighted by molar-refractivity contribution is 1.10. The predicted octanol–water partition coefficient (Wildman–Crippen LogP) is 4.25. The number of aromatic amines is 1. The third kappa shape index (κ3) is 2.48. The predicted molar refractivity (Wildman–Crippen MR) is 91.9 cm³/mol. The van der Waals surface area contributed by atoms with Gasteiger partial charge in [-0.3, -0.25) is 10.1 Å². The summed E-state index contributed by atoms with van der Waals surface area (Å²) < 4.78 is 0. The highest BCUT2D eigenvalue weighted by Crippen LogP contribution is 2.31. The molecule has 0 aliphatic carbocycles. The SMILES string of the molecule is CCc1cccc(-c2ncccc2-c2cnc3[nH]ncc3c2)c1. The van der Waals surface area contributed by atoms with E-state index in [4.69, 9.17) is 0 Å². The Labute approximate surface area is 134 Å². The molecule has 0 radical (unpaired) electrons. The van der Waals surface area contributed by atoms with Gasteiger partial charge in [-0.1, -0.05) is 31.2 Å². The summed E-state index contributed by atoms with van der Waals surface area (Å²) >= 11 is 0. The lowest BCUT2D eigenvalue weighted by Crippen LogP contribution is -1.91. The van der Waals surface area contributed by atoms with Crippen LogP contribution in [-0.4, -0.2) is 20.2 Å². The first-order valence-corrected chi connectivity index (χ1v) is 7.69. The molecule has 4 aromatic rings. The van der Waals surface area contributed by atoms with Gasteiger partial charge in [-0.05, 0) is 30.2 Å². The minimum atomic E-state index is 0.798. The largest absolute Gasteiger partial charge is 0.261 e. The molecule has 0 saturated carbocycles. The molecule has 1 N–H and O–H groups in total. The van der Waals surface area contributed by atoms with Crippen LogP contribution in [0, 0.1) is 0 Å². The molecule has 0 aliphatic rings. The van der Waals surface area contributed by atoms with E-state index in [0.717, 1.165) is 39.8 Å². The topological polar surface area (TPSA) is 54.5 Å². The first kappa shape index (κ1) is 13.6. The van der Waals surface area contributed by atoms with Crippen molar-refractivity contribution in [2.45, 2.75) is 13.3 Å². The number of H-pyrrole nitrogens is 1. The number of aryl methyl sites for hydroxylation is 1. The summed E-state index contributed by atoms with van der Waals surface area (Å²) in [6.07, 6.45) is 6.50. The molecule has 0 unspecified atom stereocenters. The normalized spacial score (nSPS) is 11.0. The molecule has 1 aromatic carbocycles. The van der Waals surface area contributed by atoms with Gasteiger partial charge in [0, 0.05) is 34.5 Å². The molecule has 4 rings (SSSR count). The van der Waals surface area contributed by atoms with Crippen LogP contribution in [-0.2, 0) is 6.42 Å². The van der Waals surface area contributed by atoms with Gasteiger partial charge in [0.25, 0.3) is 0 Å². The average molecular weight is 300 g/mol. The van der Waals surface area contributed by atoms with Crippen LogP contribution in [0.3, 0.4) is 0 Å². The number of pyridine rings is 2. The smallest absolute Gasteiger partial charge is 0.155 e. The standard InChI is InChI=1S/C19H16N4/c1-2-13-5-3-6-14(9-13)18-17(7-4-8-20-18)15-10-16-12-22-23-19(16)21-11-15/h3-12H,2H2,1H3,(H,21,22,23). The molecular weight excluding hydrogens is 284 g/mol. The Morgan fingerprint density at radius 3 is 2.83 bits per heavy atom. The molecular formula is C19H16N4. The molecule has 0 bridgehead atoms. The minimum Gasteiger partial charge on any atom is -0.261 e. The van der Waals surface area contributed by atoms with Crippen LogP contribution >= 0.6 is 0 Å². The van der Waals surface area contributed by atoms with Gasteiger partial charge in [-0.25, -0.2) is 4.98 Å². The van der Waals surface area contributed by atoms with Crippen LogP contribution in [0.4, 0.5) is 0 Å². The molecule has 3 heterocycles. The van der Waals surface area contributed by atoms with Crippen LogP contribution in [0.25, 0.3) is 33.4 Å². The quantitative estimate of drug-likeness (QED) is 0.615. The summed E-state index contributed by atoms with van der Waals surface area (Å²) in [4.78, 5) is 9.06. The zero-order valence-corrected chi connectivity index (χ0v) is 12.8. The molecule has 4 heteroatoms. The van der Waals surface area contributed by atoms with Gasteiger partial charge in [0.1, 0.15) is 0 Å². The first-order chi connectivity index (χ1) is 11.3. The average Bonchev–Trinajstić information content (AvgIpc) is 3.09. The van der Waals surface area contributed by atoms with Crippen LogP contribution in [0.2, 0.25) is 0 Å². The number of hydrogen-bond donors (Lipinski definition) is 1. The highest BCUT2D eigenvalue weighted by molar-refractivity contribution is 5.86. The fraction of sp³-hybridized carbons (Fsp3) is 0.105. The monoisotopic (exact) mass is 300 g/mol. The van der Waals surface area contributed by atoms with Crippen LogP contribution < -0.4 is 0 Å². The second kappa shape index (κ2) is 5.65. The van der Waals surface area contributed by atoms with E-state index in [1.165, 1.54) is 5.56 Å². The Hall–Kier alpha value is -3.01. The molecule has 112 valence electrons. The van der Waals surface area contributed by atoms with Crippen molar-refractivity contribution in [2.24, 2.45) is 0 Å². The van der Waals surface area contributed by atoms with Gasteiger partial charge in [-0.2, -0.15) is 5.10 Å². The highest BCUT2D eigenvalue weighted by atomic mass is 15.1. The number of benzene rings is 1. The summed E-state index contributed by atoms with van der Waals surface area (Å²) in [5.74, 6) is 0. The van der Waals surface area contributed by atoms with E-state index >= 15 is 0 Å². The van der Waals surface area contributed by atoms with E-state index in [0.29, 0.717) is 0 Å². The van der Waals surface area contributed by atoms with Crippen LogP contribution in [0.5, 0.6) is 0 Å². The fourth-order valence-electron chi connectivity index (χ4n) is 2.79. The lowest BCUT2D eigenvalue weighted by atomic mass is 9.98. The minimum absolute atomic E-state index is 0.798. The number of nitrogens with zero attached hydrogens (tertiary/aromatic N) is 3. The Bertz CT molecular complexity index is 972. The number of nitrogens with one attached hydrogen (secondary N) is 1. The molecule has 0 spiro atoms. The van der Waals surface area contributed by atoms with Crippen molar-refractivity contribution >= 4 is 11.0 Å². The summed E-state index contributed by atoms with van der Waals surface area (Å²) in [5, 5.41) is 7.92. The van der Waals surface area contributed by atoms with Crippen molar-refractivity contribution < 1.29 is 0 Å². The second-order valence-corrected chi connectivity index (χ2v) is 5.49. The van der Waals surface area contributed by atoms with Crippen molar-refractivity contribution in [3.63, 3.8) is 0 Å². The van der Waals surface area contributed by atoms with E-state index in [9.17, 15) is 0 Å². The maximum Gasteiger partial charge on any atom is 0.155 e. The Kier molecular flexibility index (Phi) is 3.35. The fourth-order valence-corrected chi connectivity index (χ4v) is 2.79. The van der Waals surface area contributed by atoms with Crippen LogP contribution in [0.15, 0.2) is 61.1 Å². The zero-order valence-electron chi connectivity index (χ0n) is 12.8.